The van der Waals surface area contributed by atoms with Crippen LogP contribution < -0.4 is 5.32 Å². The first-order valence-electron chi connectivity index (χ1n) is 7.80. The van der Waals surface area contributed by atoms with Crippen molar-refractivity contribution in [2.75, 3.05) is 19.7 Å². The van der Waals surface area contributed by atoms with Crippen molar-refractivity contribution in [2.45, 2.75) is 37.7 Å². The van der Waals surface area contributed by atoms with E-state index in [1.165, 1.54) is 0 Å². The second-order valence-electron chi connectivity index (χ2n) is 5.77. The Bertz CT molecular complexity index is 553. The third-order valence-electron chi connectivity index (χ3n) is 3.94. The summed E-state index contributed by atoms with van der Waals surface area (Å²) in [7, 11) is 0. The highest BCUT2D eigenvalue weighted by Crippen LogP contribution is 2.23. The van der Waals surface area contributed by atoms with E-state index in [2.05, 4.69) is 5.32 Å². The minimum atomic E-state index is -4.99. The molecule has 0 radical (unpaired) electrons. The number of amides is 1. The van der Waals surface area contributed by atoms with E-state index < -0.39 is 37.3 Å². The maximum Gasteiger partial charge on any atom is 0.471 e. The molecule has 1 aliphatic heterocycles. The van der Waals surface area contributed by atoms with Crippen molar-refractivity contribution in [3.63, 3.8) is 0 Å². The SMILES string of the molecule is O=C(N1CC[C@@H](NCc2ccccc2)[C@@H](OCC(F)F)C1)C(F)(F)F. The van der Waals surface area contributed by atoms with Crippen LogP contribution in [0.4, 0.5) is 22.0 Å². The van der Waals surface area contributed by atoms with Crippen molar-refractivity contribution in [3.05, 3.63) is 35.9 Å². The molecule has 1 fully saturated rings. The van der Waals surface area contributed by atoms with Gasteiger partial charge in [-0.05, 0) is 12.0 Å². The van der Waals surface area contributed by atoms with Crippen molar-refractivity contribution in [1.29, 1.82) is 0 Å². The van der Waals surface area contributed by atoms with Gasteiger partial charge in [0, 0.05) is 25.7 Å². The lowest BCUT2D eigenvalue weighted by molar-refractivity contribution is -0.189. The summed E-state index contributed by atoms with van der Waals surface area (Å²) in [5, 5.41) is 3.12. The number of rotatable bonds is 6. The van der Waals surface area contributed by atoms with Gasteiger partial charge in [0.25, 0.3) is 6.43 Å². The van der Waals surface area contributed by atoms with Crippen LogP contribution in [0.5, 0.6) is 0 Å². The highest BCUT2D eigenvalue weighted by atomic mass is 19.4. The van der Waals surface area contributed by atoms with Crippen LogP contribution in [-0.2, 0) is 16.1 Å². The van der Waals surface area contributed by atoms with E-state index in [1.54, 1.807) is 0 Å². The summed E-state index contributed by atoms with van der Waals surface area (Å²) in [4.78, 5) is 12.0. The standard InChI is InChI=1S/C16H19F5N2O2/c17-14(18)10-25-13-9-23(15(24)16(19,20)21)7-6-12(13)22-8-11-4-2-1-3-5-11/h1-5,12-14,22H,6-10H2/t12-,13+/m1/s1. The molecule has 25 heavy (non-hydrogen) atoms. The fourth-order valence-electron chi connectivity index (χ4n) is 2.72. The molecule has 1 N–H and O–H groups in total. The second kappa shape index (κ2) is 8.57. The highest BCUT2D eigenvalue weighted by Gasteiger charge is 2.45. The average Bonchev–Trinajstić information content (AvgIpc) is 2.57. The molecule has 1 heterocycles. The van der Waals surface area contributed by atoms with Gasteiger partial charge in [0.05, 0.1) is 6.10 Å². The van der Waals surface area contributed by atoms with E-state index in [9.17, 15) is 26.7 Å². The minimum absolute atomic E-state index is 0.112. The van der Waals surface area contributed by atoms with Crippen molar-refractivity contribution in [1.82, 2.24) is 10.2 Å². The predicted octanol–water partition coefficient (Wildman–Crippen LogP) is 2.59. The molecule has 1 saturated heterocycles. The third-order valence-corrected chi connectivity index (χ3v) is 3.94. The molecular formula is C16H19F5N2O2. The van der Waals surface area contributed by atoms with Gasteiger partial charge in [-0.3, -0.25) is 4.79 Å². The molecule has 140 valence electrons. The zero-order valence-corrected chi connectivity index (χ0v) is 13.3. The number of hydrogen-bond acceptors (Lipinski definition) is 3. The van der Waals surface area contributed by atoms with E-state index in [0.29, 0.717) is 11.4 Å². The first-order chi connectivity index (χ1) is 11.8. The lowest BCUT2D eigenvalue weighted by atomic mass is 10.0. The van der Waals surface area contributed by atoms with Gasteiger partial charge >= 0.3 is 12.1 Å². The van der Waals surface area contributed by atoms with Gasteiger partial charge < -0.3 is 15.0 Å². The van der Waals surface area contributed by atoms with Crippen LogP contribution in [0.1, 0.15) is 12.0 Å². The van der Waals surface area contributed by atoms with Crippen molar-refractivity contribution in [2.24, 2.45) is 0 Å². The van der Waals surface area contributed by atoms with E-state index in [-0.39, 0.29) is 19.5 Å². The summed E-state index contributed by atoms with van der Waals surface area (Å²) >= 11 is 0. The maximum absolute atomic E-state index is 12.6. The van der Waals surface area contributed by atoms with Crippen molar-refractivity contribution < 1.29 is 31.5 Å². The summed E-state index contributed by atoms with van der Waals surface area (Å²) in [5.41, 5.74) is 0.948. The van der Waals surface area contributed by atoms with Crippen LogP contribution >= 0.6 is 0 Å². The van der Waals surface area contributed by atoms with E-state index in [0.717, 1.165) is 5.56 Å². The summed E-state index contributed by atoms with van der Waals surface area (Å²) in [6.45, 7) is -0.952. The van der Waals surface area contributed by atoms with Gasteiger partial charge in [-0.25, -0.2) is 8.78 Å². The van der Waals surface area contributed by atoms with Gasteiger partial charge in [-0.15, -0.1) is 0 Å². The van der Waals surface area contributed by atoms with Crippen LogP contribution in [0.2, 0.25) is 0 Å². The van der Waals surface area contributed by atoms with Gasteiger partial charge in [-0.2, -0.15) is 13.2 Å². The number of alkyl halides is 5. The predicted molar refractivity (Wildman–Crippen MR) is 80.1 cm³/mol. The number of benzene rings is 1. The Balaban J connectivity index is 1.99. The van der Waals surface area contributed by atoms with E-state index in [1.807, 2.05) is 30.3 Å². The van der Waals surface area contributed by atoms with Crippen LogP contribution in [-0.4, -0.2) is 55.3 Å². The fraction of sp³-hybridized carbons (Fsp3) is 0.562. The first-order valence-corrected chi connectivity index (χ1v) is 7.80. The van der Waals surface area contributed by atoms with Crippen LogP contribution in [0.15, 0.2) is 30.3 Å². The lowest BCUT2D eigenvalue weighted by Gasteiger charge is -2.39. The summed E-state index contributed by atoms with van der Waals surface area (Å²) < 4.78 is 67.6. The summed E-state index contributed by atoms with van der Waals surface area (Å²) in [6, 6.07) is 8.84. The first kappa shape index (κ1) is 19.6. The molecule has 0 bridgehead atoms. The van der Waals surface area contributed by atoms with Gasteiger partial charge in [-0.1, -0.05) is 30.3 Å². The number of ether oxygens (including phenoxy) is 1. The Morgan fingerprint density at radius 3 is 2.56 bits per heavy atom. The molecule has 0 aromatic heterocycles. The quantitative estimate of drug-likeness (QED) is 0.787. The molecule has 0 saturated carbocycles. The number of hydrogen-bond donors (Lipinski definition) is 1. The Hall–Kier alpha value is -1.74. The second-order valence-corrected chi connectivity index (χ2v) is 5.77. The summed E-state index contributed by atoms with van der Waals surface area (Å²) in [6.07, 6.45) is -8.47. The Morgan fingerprint density at radius 2 is 1.96 bits per heavy atom. The van der Waals surface area contributed by atoms with Crippen LogP contribution in [0.25, 0.3) is 0 Å². The van der Waals surface area contributed by atoms with Gasteiger partial charge in [0.1, 0.15) is 6.61 Å². The van der Waals surface area contributed by atoms with Crippen molar-refractivity contribution >= 4 is 5.91 Å². The van der Waals surface area contributed by atoms with E-state index >= 15 is 0 Å². The Morgan fingerprint density at radius 1 is 1.28 bits per heavy atom. The number of piperidine rings is 1. The molecule has 1 aliphatic rings. The largest absolute Gasteiger partial charge is 0.471 e. The number of likely N-dealkylation sites (tertiary alicyclic amines) is 1. The Labute approximate surface area is 141 Å². The molecule has 2 rings (SSSR count). The molecule has 2 atom stereocenters. The third kappa shape index (κ3) is 5.93. The van der Waals surface area contributed by atoms with Gasteiger partial charge in [0.15, 0.2) is 0 Å². The molecule has 4 nitrogen and oxygen atoms in total. The fourth-order valence-corrected chi connectivity index (χ4v) is 2.72. The zero-order valence-electron chi connectivity index (χ0n) is 13.3. The molecule has 0 unspecified atom stereocenters. The minimum Gasteiger partial charge on any atom is -0.369 e. The Kier molecular flexibility index (Phi) is 6.71. The van der Waals surface area contributed by atoms with E-state index in [4.69, 9.17) is 4.74 Å². The smallest absolute Gasteiger partial charge is 0.369 e. The van der Waals surface area contributed by atoms with Gasteiger partial charge in [0.2, 0.25) is 0 Å². The number of halogens is 5. The molecule has 0 spiro atoms. The normalized spacial score (nSPS) is 21.6. The average molecular weight is 366 g/mol. The number of nitrogens with one attached hydrogen (secondary N) is 1. The molecule has 1 aromatic rings. The molecule has 0 aliphatic carbocycles. The number of carbonyl (C=O) groups excluding carboxylic acids is 1. The van der Waals surface area contributed by atoms with Crippen LogP contribution in [0.3, 0.4) is 0 Å². The zero-order chi connectivity index (χ0) is 18.4. The molecule has 1 aromatic carbocycles. The monoisotopic (exact) mass is 366 g/mol. The number of carbonyl (C=O) groups is 1. The maximum atomic E-state index is 12.6. The summed E-state index contributed by atoms with van der Waals surface area (Å²) in [5.74, 6) is -1.97. The topological polar surface area (TPSA) is 41.6 Å². The molecular weight excluding hydrogens is 347 g/mol. The van der Waals surface area contributed by atoms with Crippen LogP contribution in [0, 0.1) is 0 Å². The highest BCUT2D eigenvalue weighted by molar-refractivity contribution is 5.82. The number of nitrogens with zero attached hydrogens (tertiary/aromatic N) is 1. The molecule has 9 heteroatoms. The lowest BCUT2D eigenvalue weighted by Crippen LogP contribution is -2.57. The molecule has 1 amide bonds. The van der Waals surface area contributed by atoms with Crippen molar-refractivity contribution in [3.8, 4) is 0 Å².